The molecule has 2 N–H and O–H groups in total. The number of rotatable bonds is 9. The van der Waals surface area contributed by atoms with Crippen molar-refractivity contribution < 1.29 is 9.59 Å². The number of carbonyl (C=O) groups is 2. The molecule has 1 fully saturated rings. The number of hydrogen-bond acceptors (Lipinski definition) is 5. The standard InChI is InChI=1S/C26H32N6O2/c1-20(33)28-25(19-32-18-24(29-30-32)23-10-6-3-7-11-23)26(34)27-16-21-12-14-31(15-13-21)17-22-8-4-2-5-9-22/h2-11,18,21,25H,12-17,19H2,1H3,(H,27,34)(H,28,33)/t25-/m0/s1. The molecule has 178 valence electrons. The fraction of sp³-hybridized carbons (Fsp3) is 0.385. The van der Waals surface area contributed by atoms with Crippen LogP contribution in [0, 0.1) is 5.92 Å². The van der Waals surface area contributed by atoms with Gasteiger partial charge in [0, 0.05) is 25.6 Å². The first-order chi connectivity index (χ1) is 16.6. The minimum atomic E-state index is -0.707. The van der Waals surface area contributed by atoms with Gasteiger partial charge in [-0.1, -0.05) is 65.9 Å². The van der Waals surface area contributed by atoms with Gasteiger partial charge < -0.3 is 10.6 Å². The summed E-state index contributed by atoms with van der Waals surface area (Å²) in [6.45, 7) is 5.26. The van der Waals surface area contributed by atoms with Crippen LogP contribution in [0.15, 0.2) is 66.9 Å². The number of likely N-dealkylation sites (tertiary alicyclic amines) is 1. The van der Waals surface area contributed by atoms with Crippen LogP contribution in [-0.4, -0.2) is 57.4 Å². The summed E-state index contributed by atoms with van der Waals surface area (Å²) in [6, 6.07) is 19.5. The molecule has 1 aromatic heterocycles. The van der Waals surface area contributed by atoms with Gasteiger partial charge in [-0.2, -0.15) is 0 Å². The molecule has 0 saturated carbocycles. The van der Waals surface area contributed by atoms with E-state index in [0.29, 0.717) is 12.5 Å². The Balaban J connectivity index is 1.27. The second kappa shape index (κ2) is 11.6. The Morgan fingerprint density at radius 3 is 2.38 bits per heavy atom. The number of nitrogens with one attached hydrogen (secondary N) is 2. The third kappa shape index (κ3) is 6.74. The van der Waals surface area contributed by atoms with E-state index in [4.69, 9.17) is 0 Å². The van der Waals surface area contributed by atoms with E-state index in [-0.39, 0.29) is 18.4 Å². The third-order valence-electron chi connectivity index (χ3n) is 6.19. The van der Waals surface area contributed by atoms with E-state index in [0.717, 1.165) is 43.7 Å². The van der Waals surface area contributed by atoms with Crippen LogP contribution in [0.25, 0.3) is 11.3 Å². The number of amides is 2. The maximum absolute atomic E-state index is 12.9. The second-order valence-corrected chi connectivity index (χ2v) is 8.90. The number of nitrogens with zero attached hydrogens (tertiary/aromatic N) is 4. The zero-order chi connectivity index (χ0) is 23.8. The van der Waals surface area contributed by atoms with Gasteiger partial charge in [0.05, 0.1) is 12.7 Å². The molecule has 0 aliphatic carbocycles. The fourth-order valence-corrected chi connectivity index (χ4v) is 4.31. The van der Waals surface area contributed by atoms with Gasteiger partial charge in [0.25, 0.3) is 0 Å². The first-order valence-corrected chi connectivity index (χ1v) is 11.8. The van der Waals surface area contributed by atoms with Crippen LogP contribution in [0.5, 0.6) is 0 Å². The van der Waals surface area contributed by atoms with Gasteiger partial charge in [0.1, 0.15) is 11.7 Å². The highest BCUT2D eigenvalue weighted by atomic mass is 16.2. The Kier molecular flexibility index (Phi) is 8.04. The van der Waals surface area contributed by atoms with Gasteiger partial charge in [-0.15, -0.1) is 5.10 Å². The van der Waals surface area contributed by atoms with Crippen LogP contribution in [0.4, 0.5) is 0 Å². The van der Waals surface area contributed by atoms with Crippen molar-refractivity contribution in [2.75, 3.05) is 19.6 Å². The molecule has 0 radical (unpaired) electrons. The van der Waals surface area contributed by atoms with Gasteiger partial charge >= 0.3 is 0 Å². The molecule has 0 spiro atoms. The Morgan fingerprint density at radius 2 is 1.71 bits per heavy atom. The lowest BCUT2D eigenvalue weighted by molar-refractivity contribution is -0.128. The molecular weight excluding hydrogens is 428 g/mol. The molecule has 34 heavy (non-hydrogen) atoms. The monoisotopic (exact) mass is 460 g/mol. The molecule has 1 aliphatic rings. The predicted octanol–water partition coefficient (Wildman–Crippen LogP) is 2.48. The predicted molar refractivity (Wildman–Crippen MR) is 131 cm³/mol. The van der Waals surface area contributed by atoms with E-state index < -0.39 is 6.04 Å². The summed E-state index contributed by atoms with van der Waals surface area (Å²) in [6.07, 6.45) is 3.88. The summed E-state index contributed by atoms with van der Waals surface area (Å²) in [5.74, 6) is -0.0125. The molecule has 1 aliphatic heterocycles. The van der Waals surface area contributed by atoms with Crippen molar-refractivity contribution in [2.45, 2.75) is 38.9 Å². The quantitative estimate of drug-likeness (QED) is 0.512. The van der Waals surface area contributed by atoms with Crippen molar-refractivity contribution in [1.82, 2.24) is 30.5 Å². The minimum Gasteiger partial charge on any atom is -0.354 e. The fourth-order valence-electron chi connectivity index (χ4n) is 4.31. The first kappa shape index (κ1) is 23.6. The van der Waals surface area contributed by atoms with Gasteiger partial charge in [-0.25, -0.2) is 4.68 Å². The van der Waals surface area contributed by atoms with E-state index in [9.17, 15) is 9.59 Å². The molecule has 2 aromatic carbocycles. The van der Waals surface area contributed by atoms with Crippen molar-refractivity contribution in [3.05, 3.63) is 72.4 Å². The maximum Gasteiger partial charge on any atom is 0.244 e. The van der Waals surface area contributed by atoms with E-state index in [1.807, 2.05) is 36.4 Å². The Bertz CT molecular complexity index is 1060. The zero-order valence-corrected chi connectivity index (χ0v) is 19.6. The third-order valence-corrected chi connectivity index (χ3v) is 6.19. The van der Waals surface area contributed by atoms with Crippen LogP contribution in [0.1, 0.15) is 25.3 Å². The molecule has 8 heteroatoms. The number of hydrogen-bond donors (Lipinski definition) is 2. The molecule has 1 saturated heterocycles. The van der Waals surface area contributed by atoms with E-state index in [1.165, 1.54) is 12.5 Å². The molecule has 4 rings (SSSR count). The highest BCUT2D eigenvalue weighted by Gasteiger charge is 2.24. The average Bonchev–Trinajstić information content (AvgIpc) is 3.32. The minimum absolute atomic E-state index is 0.196. The first-order valence-electron chi connectivity index (χ1n) is 11.8. The second-order valence-electron chi connectivity index (χ2n) is 8.90. The van der Waals surface area contributed by atoms with E-state index in [2.05, 4.69) is 50.1 Å². The summed E-state index contributed by atoms with van der Waals surface area (Å²) in [4.78, 5) is 27.1. The van der Waals surface area contributed by atoms with Crippen molar-refractivity contribution in [1.29, 1.82) is 0 Å². The van der Waals surface area contributed by atoms with Crippen molar-refractivity contribution in [3.8, 4) is 11.3 Å². The molecule has 1 atom stereocenters. The van der Waals surface area contributed by atoms with Gasteiger partial charge in [0.15, 0.2) is 0 Å². The van der Waals surface area contributed by atoms with E-state index >= 15 is 0 Å². The topological polar surface area (TPSA) is 92.1 Å². The summed E-state index contributed by atoms with van der Waals surface area (Å²) in [5.41, 5.74) is 3.01. The van der Waals surface area contributed by atoms with Crippen LogP contribution < -0.4 is 10.6 Å². The summed E-state index contributed by atoms with van der Waals surface area (Å²) in [5, 5.41) is 14.1. The molecule has 8 nitrogen and oxygen atoms in total. The van der Waals surface area contributed by atoms with Crippen LogP contribution in [0.2, 0.25) is 0 Å². The molecule has 2 heterocycles. The van der Waals surface area contributed by atoms with E-state index in [1.54, 1.807) is 10.9 Å². The highest BCUT2D eigenvalue weighted by molar-refractivity contribution is 5.86. The van der Waals surface area contributed by atoms with Gasteiger partial charge in [-0.05, 0) is 37.4 Å². The summed E-state index contributed by atoms with van der Waals surface area (Å²) >= 11 is 0. The number of aromatic nitrogens is 3. The SMILES string of the molecule is CC(=O)N[C@@H](Cn1cc(-c2ccccc2)nn1)C(=O)NCC1CCN(Cc2ccccc2)CC1. The molecular formula is C26H32N6O2. The summed E-state index contributed by atoms with van der Waals surface area (Å²) in [7, 11) is 0. The van der Waals surface area contributed by atoms with Gasteiger partial charge in [-0.3, -0.25) is 14.5 Å². The Labute approximate surface area is 200 Å². The number of piperidine rings is 1. The Hall–Kier alpha value is -3.52. The van der Waals surface area contributed by atoms with Crippen molar-refractivity contribution in [3.63, 3.8) is 0 Å². The van der Waals surface area contributed by atoms with Gasteiger partial charge in [0.2, 0.25) is 11.8 Å². The van der Waals surface area contributed by atoms with Crippen molar-refractivity contribution >= 4 is 11.8 Å². The highest BCUT2D eigenvalue weighted by Crippen LogP contribution is 2.19. The lowest BCUT2D eigenvalue weighted by Crippen LogP contribution is -2.50. The molecule has 3 aromatic rings. The molecule has 0 unspecified atom stereocenters. The largest absolute Gasteiger partial charge is 0.354 e. The van der Waals surface area contributed by atoms with Crippen LogP contribution in [-0.2, 0) is 22.7 Å². The lowest BCUT2D eigenvalue weighted by atomic mass is 9.96. The van der Waals surface area contributed by atoms with Crippen LogP contribution in [0.3, 0.4) is 0 Å². The maximum atomic E-state index is 12.9. The number of carbonyl (C=O) groups excluding carboxylic acids is 2. The Morgan fingerprint density at radius 1 is 1.03 bits per heavy atom. The lowest BCUT2D eigenvalue weighted by Gasteiger charge is -2.32. The number of benzene rings is 2. The summed E-state index contributed by atoms with van der Waals surface area (Å²) < 4.78 is 1.60. The van der Waals surface area contributed by atoms with Crippen molar-refractivity contribution in [2.24, 2.45) is 5.92 Å². The zero-order valence-electron chi connectivity index (χ0n) is 19.6. The molecule has 2 amide bonds. The molecule has 0 bridgehead atoms. The average molecular weight is 461 g/mol. The smallest absolute Gasteiger partial charge is 0.244 e. The van der Waals surface area contributed by atoms with Crippen LogP contribution >= 0.6 is 0 Å². The normalized spacial score (nSPS) is 15.6.